The molecule has 1 aliphatic carbocycles. The van der Waals surface area contributed by atoms with Gasteiger partial charge in [0.25, 0.3) is 5.91 Å². The topological polar surface area (TPSA) is 72.6 Å². The monoisotopic (exact) mass is 298 g/mol. The number of esters is 1. The molecule has 7 heteroatoms. The minimum Gasteiger partial charge on any atom is -0.452 e. The molecule has 2 N–H and O–H groups in total. The van der Waals surface area contributed by atoms with Gasteiger partial charge in [0.2, 0.25) is 0 Å². The van der Waals surface area contributed by atoms with E-state index in [1.54, 1.807) is 4.90 Å². The van der Waals surface area contributed by atoms with E-state index in [0.717, 1.165) is 12.8 Å². The minimum atomic E-state index is -1.20. The van der Waals surface area contributed by atoms with Gasteiger partial charge in [0.05, 0.1) is 5.56 Å². The predicted molar refractivity (Wildman–Crippen MR) is 71.5 cm³/mol. The number of nitrogens with two attached hydrogens (primary N) is 1. The van der Waals surface area contributed by atoms with Crippen LogP contribution in [0.4, 0.5) is 14.5 Å². The van der Waals surface area contributed by atoms with E-state index in [-0.39, 0.29) is 23.2 Å². The molecule has 1 aliphatic rings. The molecular formula is C14H16F2N2O3. The maximum absolute atomic E-state index is 13.1. The first-order chi connectivity index (χ1) is 9.93. The number of hydrogen-bond donors (Lipinski definition) is 1. The maximum atomic E-state index is 13.1. The van der Waals surface area contributed by atoms with Gasteiger partial charge in [-0.1, -0.05) is 0 Å². The molecule has 0 unspecified atom stereocenters. The highest BCUT2D eigenvalue weighted by atomic mass is 19.2. The summed E-state index contributed by atoms with van der Waals surface area (Å²) in [6, 6.07) is 1.58. The van der Waals surface area contributed by atoms with Crippen LogP contribution in [-0.2, 0) is 9.53 Å². The third-order valence-corrected chi connectivity index (χ3v) is 3.29. The van der Waals surface area contributed by atoms with Gasteiger partial charge in [-0.05, 0) is 25.8 Å². The second kappa shape index (κ2) is 6.07. The van der Waals surface area contributed by atoms with Crippen LogP contribution in [0.3, 0.4) is 0 Å². The van der Waals surface area contributed by atoms with Crippen LogP contribution < -0.4 is 5.73 Å². The summed E-state index contributed by atoms with van der Waals surface area (Å²) in [5, 5.41) is 0. The van der Waals surface area contributed by atoms with Gasteiger partial charge in [-0.25, -0.2) is 13.6 Å². The second-order valence-electron chi connectivity index (χ2n) is 4.84. The van der Waals surface area contributed by atoms with E-state index in [1.807, 2.05) is 6.92 Å². The van der Waals surface area contributed by atoms with Crippen LogP contribution in [0.1, 0.15) is 30.1 Å². The molecule has 2 rings (SSSR count). The highest BCUT2D eigenvalue weighted by molar-refractivity contribution is 5.96. The molecule has 0 saturated heterocycles. The van der Waals surface area contributed by atoms with Crippen LogP contribution >= 0.6 is 0 Å². The van der Waals surface area contributed by atoms with Crippen molar-refractivity contribution < 1.29 is 23.1 Å². The maximum Gasteiger partial charge on any atom is 0.340 e. The van der Waals surface area contributed by atoms with Gasteiger partial charge >= 0.3 is 5.97 Å². The van der Waals surface area contributed by atoms with Crippen molar-refractivity contribution in [2.45, 2.75) is 25.8 Å². The summed E-state index contributed by atoms with van der Waals surface area (Å²) in [6.45, 7) is 1.93. The Kier molecular flexibility index (Phi) is 4.40. The summed E-state index contributed by atoms with van der Waals surface area (Å²) in [5.41, 5.74) is 4.91. The molecule has 1 aromatic rings. The van der Waals surface area contributed by atoms with Gasteiger partial charge < -0.3 is 15.4 Å². The number of anilines is 1. The van der Waals surface area contributed by atoms with Gasteiger partial charge in [-0.2, -0.15) is 0 Å². The van der Waals surface area contributed by atoms with Crippen LogP contribution in [0.15, 0.2) is 12.1 Å². The SMILES string of the molecule is CCN(C(=O)COC(=O)c1cc(F)c(F)cc1N)C1CC1. The first-order valence-electron chi connectivity index (χ1n) is 6.65. The fraction of sp³-hybridized carbons (Fsp3) is 0.429. The normalized spacial score (nSPS) is 13.9. The Bertz CT molecular complexity index is 574. The number of hydrogen-bond acceptors (Lipinski definition) is 4. The van der Waals surface area contributed by atoms with E-state index >= 15 is 0 Å². The van der Waals surface area contributed by atoms with E-state index < -0.39 is 24.2 Å². The predicted octanol–water partition coefficient (Wildman–Crippen LogP) is 1.71. The Morgan fingerprint density at radius 1 is 1.33 bits per heavy atom. The minimum absolute atomic E-state index is 0.217. The Morgan fingerprint density at radius 3 is 2.52 bits per heavy atom. The molecule has 114 valence electrons. The number of nitrogens with zero attached hydrogens (tertiary/aromatic N) is 1. The van der Waals surface area contributed by atoms with Gasteiger partial charge in [-0.3, -0.25) is 4.79 Å². The van der Waals surface area contributed by atoms with Crippen molar-refractivity contribution in [1.29, 1.82) is 0 Å². The zero-order valence-electron chi connectivity index (χ0n) is 11.6. The molecule has 0 heterocycles. The molecular weight excluding hydrogens is 282 g/mol. The molecule has 1 aromatic carbocycles. The largest absolute Gasteiger partial charge is 0.452 e. The molecule has 1 amide bonds. The van der Waals surface area contributed by atoms with E-state index in [9.17, 15) is 18.4 Å². The van der Waals surface area contributed by atoms with Gasteiger partial charge in [0, 0.05) is 24.3 Å². The summed E-state index contributed by atoms with van der Waals surface area (Å²) in [6.07, 6.45) is 1.90. The number of benzene rings is 1. The number of carbonyl (C=O) groups excluding carboxylic acids is 2. The lowest BCUT2D eigenvalue weighted by Gasteiger charge is -2.20. The molecule has 0 aromatic heterocycles. The Morgan fingerprint density at radius 2 is 1.95 bits per heavy atom. The molecule has 0 radical (unpaired) electrons. The summed E-state index contributed by atoms with van der Waals surface area (Å²) in [4.78, 5) is 25.3. The highest BCUT2D eigenvalue weighted by Gasteiger charge is 2.31. The first-order valence-corrected chi connectivity index (χ1v) is 6.65. The molecule has 0 bridgehead atoms. The smallest absolute Gasteiger partial charge is 0.340 e. The van der Waals surface area contributed by atoms with Gasteiger partial charge in [-0.15, -0.1) is 0 Å². The fourth-order valence-corrected chi connectivity index (χ4v) is 2.05. The molecule has 0 aliphatic heterocycles. The van der Waals surface area contributed by atoms with Gasteiger partial charge in [0.15, 0.2) is 18.2 Å². The molecule has 5 nitrogen and oxygen atoms in total. The third kappa shape index (κ3) is 3.48. The fourth-order valence-electron chi connectivity index (χ4n) is 2.05. The van der Waals surface area contributed by atoms with Crippen LogP contribution in [-0.4, -0.2) is 36.0 Å². The average Bonchev–Trinajstić information content (AvgIpc) is 3.25. The summed E-state index contributed by atoms with van der Waals surface area (Å²) >= 11 is 0. The quantitative estimate of drug-likeness (QED) is 0.663. The number of halogens is 2. The lowest BCUT2D eigenvalue weighted by Crippen LogP contribution is -2.36. The van der Waals surface area contributed by atoms with E-state index in [2.05, 4.69) is 0 Å². The van der Waals surface area contributed by atoms with Crippen molar-refractivity contribution in [2.75, 3.05) is 18.9 Å². The number of likely N-dealkylation sites (N-methyl/N-ethyl adjacent to an activating group) is 1. The molecule has 0 spiro atoms. The number of nitrogen functional groups attached to an aromatic ring is 1. The van der Waals surface area contributed by atoms with Crippen LogP contribution in [0.2, 0.25) is 0 Å². The standard InChI is InChI=1S/C14H16F2N2O3/c1-2-18(8-3-4-8)13(19)7-21-14(20)9-5-10(15)11(16)6-12(9)17/h5-6,8H,2-4,7,17H2,1H3. The van der Waals surface area contributed by atoms with Crippen molar-refractivity contribution in [2.24, 2.45) is 0 Å². The lowest BCUT2D eigenvalue weighted by atomic mass is 10.1. The highest BCUT2D eigenvalue weighted by Crippen LogP contribution is 2.26. The van der Waals surface area contributed by atoms with E-state index in [1.165, 1.54) is 0 Å². The molecule has 1 saturated carbocycles. The number of carbonyl (C=O) groups is 2. The van der Waals surface area contributed by atoms with Crippen molar-refractivity contribution in [3.8, 4) is 0 Å². The molecule has 0 atom stereocenters. The average molecular weight is 298 g/mol. The Balaban J connectivity index is 1.98. The molecule has 1 fully saturated rings. The third-order valence-electron chi connectivity index (χ3n) is 3.29. The zero-order chi connectivity index (χ0) is 15.6. The summed E-state index contributed by atoms with van der Waals surface area (Å²) < 4.78 is 30.8. The number of rotatable bonds is 5. The van der Waals surface area contributed by atoms with Crippen molar-refractivity contribution in [3.05, 3.63) is 29.3 Å². The van der Waals surface area contributed by atoms with Crippen LogP contribution in [0, 0.1) is 11.6 Å². The second-order valence-corrected chi connectivity index (χ2v) is 4.84. The molecule has 21 heavy (non-hydrogen) atoms. The van der Waals surface area contributed by atoms with Crippen LogP contribution in [0.5, 0.6) is 0 Å². The zero-order valence-corrected chi connectivity index (χ0v) is 11.6. The lowest BCUT2D eigenvalue weighted by molar-refractivity contribution is -0.134. The Labute approximate surface area is 120 Å². The first kappa shape index (κ1) is 15.2. The number of amides is 1. The number of ether oxygens (including phenoxy) is 1. The van der Waals surface area contributed by atoms with Gasteiger partial charge in [0.1, 0.15) is 0 Å². The Hall–Kier alpha value is -2.18. The van der Waals surface area contributed by atoms with E-state index in [0.29, 0.717) is 18.7 Å². The van der Waals surface area contributed by atoms with Crippen molar-refractivity contribution in [3.63, 3.8) is 0 Å². The van der Waals surface area contributed by atoms with Crippen molar-refractivity contribution >= 4 is 17.6 Å². The van der Waals surface area contributed by atoms with E-state index in [4.69, 9.17) is 10.5 Å². The summed E-state index contributed by atoms with van der Waals surface area (Å²) in [7, 11) is 0. The summed E-state index contributed by atoms with van der Waals surface area (Å²) in [5.74, 6) is -3.61. The van der Waals surface area contributed by atoms with Crippen molar-refractivity contribution in [1.82, 2.24) is 4.90 Å². The van der Waals surface area contributed by atoms with Crippen LogP contribution in [0.25, 0.3) is 0 Å².